The van der Waals surface area contributed by atoms with Crippen LogP contribution in [0.5, 0.6) is 0 Å². The van der Waals surface area contributed by atoms with Gasteiger partial charge in [-0.15, -0.1) is 0 Å². The molecule has 0 saturated carbocycles. The van der Waals surface area contributed by atoms with E-state index >= 15 is 0 Å². The van der Waals surface area contributed by atoms with Crippen LogP contribution in [0.4, 0.5) is 4.39 Å². The first-order valence-corrected chi connectivity index (χ1v) is 5.49. The average molecular weight is 247 g/mol. The number of ketones is 1. The smallest absolute Gasteiger partial charge is 0.144 e. The van der Waals surface area contributed by atoms with Crippen molar-refractivity contribution in [3.8, 4) is 0 Å². The van der Waals surface area contributed by atoms with E-state index < -0.39 is 11.0 Å². The predicted octanol–water partition coefficient (Wildman–Crippen LogP) is 0.544. The molecule has 2 N–H and O–H groups in total. The van der Waals surface area contributed by atoms with Crippen LogP contribution in [0, 0.1) is 5.82 Å². The molecule has 6 heteroatoms. The first-order valence-electron chi connectivity index (χ1n) is 4.38. The van der Waals surface area contributed by atoms with Crippen molar-refractivity contribution >= 4 is 16.8 Å². The maximum Gasteiger partial charge on any atom is 0.144 e. The standard InChI is InChI=1S/C10H12FNO2S.H2O/c1-8(13)7-12(2)15(14)10-5-3-9(11)4-6-10;/h3-6H,7H2,1-2H3;1H2. The molecule has 1 aromatic carbocycles. The van der Waals surface area contributed by atoms with Crippen LogP contribution in [0.1, 0.15) is 6.92 Å². The Morgan fingerprint density at radius 1 is 1.38 bits per heavy atom. The number of carbonyl (C=O) groups is 1. The molecule has 0 saturated heterocycles. The molecule has 0 fully saturated rings. The van der Waals surface area contributed by atoms with E-state index in [1.165, 1.54) is 35.5 Å². The minimum absolute atomic E-state index is 0. The molecule has 0 spiro atoms. The van der Waals surface area contributed by atoms with Gasteiger partial charge < -0.3 is 5.48 Å². The number of likely N-dealkylation sites (N-methyl/N-ethyl adjacent to an activating group) is 1. The normalized spacial score (nSPS) is 12.0. The van der Waals surface area contributed by atoms with Gasteiger partial charge in [0.25, 0.3) is 0 Å². The highest BCUT2D eigenvalue weighted by atomic mass is 32.2. The lowest BCUT2D eigenvalue weighted by Gasteiger charge is -2.13. The van der Waals surface area contributed by atoms with Crippen molar-refractivity contribution in [2.75, 3.05) is 13.6 Å². The first kappa shape index (κ1) is 14.9. The zero-order valence-corrected chi connectivity index (χ0v) is 9.88. The van der Waals surface area contributed by atoms with E-state index in [0.717, 1.165) is 0 Å². The molecule has 1 aromatic rings. The summed E-state index contributed by atoms with van der Waals surface area (Å²) in [5, 5.41) is 0. The third-order valence-corrected chi connectivity index (χ3v) is 3.11. The van der Waals surface area contributed by atoms with Gasteiger partial charge in [0.2, 0.25) is 0 Å². The van der Waals surface area contributed by atoms with Crippen molar-refractivity contribution in [2.45, 2.75) is 11.8 Å². The van der Waals surface area contributed by atoms with Gasteiger partial charge in [-0.3, -0.25) is 4.79 Å². The number of rotatable bonds is 4. The fraction of sp³-hybridized carbons (Fsp3) is 0.300. The fourth-order valence-electron chi connectivity index (χ4n) is 1.10. The maximum atomic E-state index is 12.6. The first-order chi connectivity index (χ1) is 7.00. The summed E-state index contributed by atoms with van der Waals surface area (Å²) >= 11 is 0. The zero-order chi connectivity index (χ0) is 11.4. The Morgan fingerprint density at radius 2 is 1.88 bits per heavy atom. The number of Topliss-reactive ketones (excluding diaryl/α,β-unsaturated/α-hetero) is 1. The van der Waals surface area contributed by atoms with Gasteiger partial charge in [0, 0.05) is 7.05 Å². The summed E-state index contributed by atoms with van der Waals surface area (Å²) in [5.41, 5.74) is 0. The molecule has 0 aromatic heterocycles. The molecule has 0 aliphatic carbocycles. The predicted molar refractivity (Wildman–Crippen MR) is 59.7 cm³/mol. The van der Waals surface area contributed by atoms with Crippen LogP contribution < -0.4 is 0 Å². The van der Waals surface area contributed by atoms with Gasteiger partial charge in [0.15, 0.2) is 0 Å². The Hall–Kier alpha value is -1.11. The van der Waals surface area contributed by atoms with Gasteiger partial charge >= 0.3 is 0 Å². The topological polar surface area (TPSA) is 68.9 Å². The van der Waals surface area contributed by atoms with Crippen LogP contribution in [0.25, 0.3) is 0 Å². The maximum absolute atomic E-state index is 12.6. The molecule has 0 aliphatic rings. The van der Waals surface area contributed by atoms with Crippen molar-refractivity contribution in [3.05, 3.63) is 30.1 Å². The van der Waals surface area contributed by atoms with Gasteiger partial charge in [-0.2, -0.15) is 0 Å². The summed E-state index contributed by atoms with van der Waals surface area (Å²) in [6.07, 6.45) is 0. The Balaban J connectivity index is 0.00000225. The Kier molecular flexibility index (Phi) is 6.02. The summed E-state index contributed by atoms with van der Waals surface area (Å²) in [7, 11) is 0.173. The molecule has 16 heavy (non-hydrogen) atoms. The summed E-state index contributed by atoms with van der Waals surface area (Å²) in [6.45, 7) is 1.54. The van der Waals surface area contributed by atoms with Gasteiger partial charge in [0.1, 0.15) is 22.6 Å². The van der Waals surface area contributed by atoms with Gasteiger partial charge in [-0.05, 0) is 31.2 Å². The van der Waals surface area contributed by atoms with E-state index in [4.69, 9.17) is 0 Å². The minimum Gasteiger partial charge on any atom is -0.412 e. The lowest BCUT2D eigenvalue weighted by Crippen LogP contribution is -2.26. The molecule has 0 aliphatic heterocycles. The monoisotopic (exact) mass is 247 g/mol. The number of hydrogen-bond acceptors (Lipinski definition) is 2. The van der Waals surface area contributed by atoms with Gasteiger partial charge in [-0.1, -0.05) is 0 Å². The van der Waals surface area contributed by atoms with Gasteiger partial charge in [-0.25, -0.2) is 12.9 Å². The second-order valence-corrected chi connectivity index (χ2v) is 4.78. The molecule has 0 radical (unpaired) electrons. The van der Waals surface area contributed by atoms with E-state index in [2.05, 4.69) is 0 Å². The zero-order valence-electron chi connectivity index (χ0n) is 9.07. The molecule has 0 amide bonds. The molecule has 4 nitrogen and oxygen atoms in total. The Labute approximate surface area is 96.0 Å². The van der Waals surface area contributed by atoms with Crippen LogP contribution in [0.3, 0.4) is 0 Å². The SMILES string of the molecule is CC(=O)CN(C)S(=O)c1ccc(F)cc1.O. The van der Waals surface area contributed by atoms with E-state index in [1.807, 2.05) is 0 Å². The summed E-state index contributed by atoms with van der Waals surface area (Å²) in [4.78, 5) is 11.3. The quantitative estimate of drug-likeness (QED) is 0.779. The summed E-state index contributed by atoms with van der Waals surface area (Å²) in [6, 6.07) is 5.38. The van der Waals surface area contributed by atoms with Crippen LogP contribution in [-0.4, -0.2) is 33.4 Å². The molecular weight excluding hydrogens is 233 g/mol. The lowest BCUT2D eigenvalue weighted by molar-refractivity contribution is -0.117. The van der Waals surface area contributed by atoms with Gasteiger partial charge in [0.05, 0.1) is 11.4 Å². The molecular formula is C10H14FNO3S. The van der Waals surface area contributed by atoms with Crippen LogP contribution in [-0.2, 0) is 15.8 Å². The van der Waals surface area contributed by atoms with Crippen molar-refractivity contribution in [1.29, 1.82) is 0 Å². The Morgan fingerprint density at radius 3 is 2.31 bits per heavy atom. The van der Waals surface area contributed by atoms with E-state index in [0.29, 0.717) is 4.90 Å². The number of benzene rings is 1. The van der Waals surface area contributed by atoms with E-state index in [-0.39, 0.29) is 23.6 Å². The van der Waals surface area contributed by atoms with E-state index in [9.17, 15) is 13.4 Å². The Bertz CT molecular complexity index is 380. The van der Waals surface area contributed by atoms with Crippen LogP contribution >= 0.6 is 0 Å². The van der Waals surface area contributed by atoms with Crippen molar-refractivity contribution in [1.82, 2.24) is 4.31 Å². The number of hydrogen-bond donors (Lipinski definition) is 0. The van der Waals surface area contributed by atoms with E-state index in [1.54, 1.807) is 7.05 Å². The highest BCUT2D eigenvalue weighted by Gasteiger charge is 2.11. The number of nitrogens with zero attached hydrogens (tertiary/aromatic N) is 1. The summed E-state index contributed by atoms with van der Waals surface area (Å²) in [5.74, 6) is -0.432. The largest absolute Gasteiger partial charge is 0.412 e. The number of halogens is 1. The highest BCUT2D eigenvalue weighted by molar-refractivity contribution is 7.82. The average Bonchev–Trinajstić information content (AvgIpc) is 2.17. The minimum atomic E-state index is -1.41. The lowest BCUT2D eigenvalue weighted by atomic mass is 10.4. The molecule has 0 bridgehead atoms. The van der Waals surface area contributed by atoms with Crippen LogP contribution in [0.15, 0.2) is 29.2 Å². The van der Waals surface area contributed by atoms with Crippen LogP contribution in [0.2, 0.25) is 0 Å². The second-order valence-electron chi connectivity index (χ2n) is 3.19. The van der Waals surface area contributed by atoms with Crippen molar-refractivity contribution < 1.29 is 18.9 Å². The van der Waals surface area contributed by atoms with Crippen molar-refractivity contribution in [2.24, 2.45) is 0 Å². The third-order valence-electron chi connectivity index (χ3n) is 1.74. The molecule has 1 atom stereocenters. The molecule has 0 heterocycles. The number of carbonyl (C=O) groups excluding carboxylic acids is 1. The fourth-order valence-corrected chi connectivity index (χ4v) is 2.13. The molecule has 1 rings (SSSR count). The third kappa shape index (κ3) is 4.18. The molecule has 1 unspecified atom stereocenters. The second kappa shape index (κ2) is 6.47. The molecule has 90 valence electrons. The highest BCUT2D eigenvalue weighted by Crippen LogP contribution is 2.10. The van der Waals surface area contributed by atoms with Crippen molar-refractivity contribution in [3.63, 3.8) is 0 Å². The summed E-state index contributed by atoms with van der Waals surface area (Å²) < 4.78 is 25.8.